The summed E-state index contributed by atoms with van der Waals surface area (Å²) < 4.78 is 5.81. The number of amides is 1. The van der Waals surface area contributed by atoms with E-state index in [4.69, 9.17) is 4.42 Å². The van der Waals surface area contributed by atoms with E-state index in [-0.39, 0.29) is 11.9 Å². The van der Waals surface area contributed by atoms with Crippen LogP contribution in [-0.2, 0) is 4.79 Å². The van der Waals surface area contributed by atoms with E-state index in [1.165, 1.54) is 0 Å². The monoisotopic (exact) mass is 244 g/mol. The van der Waals surface area contributed by atoms with E-state index in [2.05, 4.69) is 0 Å². The molecule has 0 N–H and O–H groups in total. The highest BCUT2D eigenvalue weighted by Crippen LogP contribution is 2.29. The molecule has 18 heavy (non-hydrogen) atoms. The third-order valence-electron chi connectivity index (χ3n) is 3.55. The molecule has 1 aromatic carbocycles. The van der Waals surface area contributed by atoms with Gasteiger partial charge in [-0.1, -0.05) is 18.2 Å². The maximum atomic E-state index is 12.2. The molecule has 0 spiro atoms. The van der Waals surface area contributed by atoms with Gasteiger partial charge in [0.15, 0.2) is 0 Å². The number of para-hydroxylation sites is 1. The molecule has 0 aliphatic carbocycles. The summed E-state index contributed by atoms with van der Waals surface area (Å²) in [5, 5.41) is 1.04. The predicted molar refractivity (Wildman–Crippen MR) is 69.2 cm³/mol. The summed E-state index contributed by atoms with van der Waals surface area (Å²) in [6.45, 7) is 1.63. The first-order chi connectivity index (χ1) is 8.66. The zero-order valence-electron chi connectivity index (χ0n) is 10.6. The van der Waals surface area contributed by atoms with Gasteiger partial charge in [-0.2, -0.15) is 0 Å². The van der Waals surface area contributed by atoms with Gasteiger partial charge in [0.05, 0.1) is 0 Å². The average Bonchev–Trinajstić information content (AvgIpc) is 2.77. The topological polar surface area (TPSA) is 36.7 Å². The van der Waals surface area contributed by atoms with Crippen LogP contribution >= 0.6 is 0 Å². The number of carbonyl (C=O) groups excluding carboxylic acids is 1. The number of hydrogen-bond donors (Lipinski definition) is 0. The lowest BCUT2D eigenvalue weighted by Crippen LogP contribution is -2.48. The molecular formula is C14H16N2O2. The zero-order valence-corrected chi connectivity index (χ0v) is 10.6. The van der Waals surface area contributed by atoms with Crippen molar-refractivity contribution in [3.8, 4) is 0 Å². The van der Waals surface area contributed by atoms with Crippen molar-refractivity contribution >= 4 is 16.9 Å². The first kappa shape index (κ1) is 11.3. The van der Waals surface area contributed by atoms with Gasteiger partial charge in [0.1, 0.15) is 17.4 Å². The largest absolute Gasteiger partial charge is 0.459 e. The van der Waals surface area contributed by atoms with Crippen LogP contribution in [0.3, 0.4) is 0 Å². The third kappa shape index (κ3) is 1.69. The molecule has 1 atom stereocenters. The predicted octanol–water partition coefficient (Wildman–Crippen LogP) is 1.88. The summed E-state index contributed by atoms with van der Waals surface area (Å²) >= 11 is 0. The van der Waals surface area contributed by atoms with Crippen LogP contribution in [0.15, 0.2) is 34.7 Å². The Morgan fingerprint density at radius 2 is 2.00 bits per heavy atom. The van der Waals surface area contributed by atoms with E-state index in [0.717, 1.165) is 29.8 Å². The first-order valence-corrected chi connectivity index (χ1v) is 6.10. The van der Waals surface area contributed by atoms with Crippen LogP contribution in [0.4, 0.5) is 0 Å². The highest BCUT2D eigenvalue weighted by atomic mass is 16.3. The molecule has 1 fully saturated rings. The highest BCUT2D eigenvalue weighted by molar-refractivity contribution is 5.85. The van der Waals surface area contributed by atoms with Crippen LogP contribution < -0.4 is 0 Å². The molecule has 4 nitrogen and oxygen atoms in total. The molecule has 1 aliphatic heterocycles. The van der Waals surface area contributed by atoms with Crippen molar-refractivity contribution in [2.24, 2.45) is 0 Å². The van der Waals surface area contributed by atoms with Crippen molar-refractivity contribution in [1.29, 1.82) is 0 Å². The molecule has 2 heterocycles. The Labute approximate surface area is 106 Å². The van der Waals surface area contributed by atoms with Crippen LogP contribution in [0, 0.1) is 0 Å². The lowest BCUT2D eigenvalue weighted by Gasteiger charge is -2.35. The van der Waals surface area contributed by atoms with Crippen molar-refractivity contribution in [2.75, 3.05) is 27.2 Å². The van der Waals surface area contributed by atoms with Gasteiger partial charge in [0.25, 0.3) is 0 Å². The fourth-order valence-electron chi connectivity index (χ4n) is 2.42. The maximum absolute atomic E-state index is 12.2. The van der Waals surface area contributed by atoms with E-state index in [0.29, 0.717) is 0 Å². The average molecular weight is 244 g/mol. The number of benzene rings is 1. The molecule has 0 saturated carbocycles. The number of hydrogen-bond acceptors (Lipinski definition) is 3. The lowest BCUT2D eigenvalue weighted by atomic mass is 10.1. The summed E-state index contributed by atoms with van der Waals surface area (Å²) in [7, 11) is 3.80. The van der Waals surface area contributed by atoms with Gasteiger partial charge in [-0.3, -0.25) is 9.69 Å². The van der Waals surface area contributed by atoms with Crippen LogP contribution in [0.25, 0.3) is 11.0 Å². The van der Waals surface area contributed by atoms with Crippen molar-refractivity contribution in [1.82, 2.24) is 9.80 Å². The summed E-state index contributed by atoms with van der Waals surface area (Å²) in [6, 6.07) is 9.51. The molecule has 94 valence electrons. The van der Waals surface area contributed by atoms with E-state index < -0.39 is 0 Å². The lowest BCUT2D eigenvalue weighted by molar-refractivity contribution is -0.140. The Kier molecular flexibility index (Phi) is 2.59. The molecule has 1 aromatic heterocycles. The maximum Gasteiger partial charge on any atom is 0.247 e. The molecule has 4 heteroatoms. The van der Waals surface area contributed by atoms with Crippen molar-refractivity contribution in [3.63, 3.8) is 0 Å². The second-order valence-corrected chi connectivity index (χ2v) is 4.83. The summed E-state index contributed by atoms with van der Waals surface area (Å²) in [5.41, 5.74) is 0.835. The van der Waals surface area contributed by atoms with Crippen molar-refractivity contribution in [3.05, 3.63) is 36.1 Å². The summed E-state index contributed by atoms with van der Waals surface area (Å²) in [4.78, 5) is 16.0. The molecule has 1 amide bonds. The van der Waals surface area contributed by atoms with E-state index in [1.54, 1.807) is 4.90 Å². The molecule has 3 rings (SSSR count). The third-order valence-corrected chi connectivity index (χ3v) is 3.55. The minimum Gasteiger partial charge on any atom is -0.459 e. The second kappa shape index (κ2) is 4.14. The van der Waals surface area contributed by atoms with Gasteiger partial charge in [-0.05, 0) is 19.2 Å². The van der Waals surface area contributed by atoms with Crippen LogP contribution in [-0.4, -0.2) is 42.9 Å². The van der Waals surface area contributed by atoms with Gasteiger partial charge >= 0.3 is 0 Å². The van der Waals surface area contributed by atoms with Crippen LogP contribution in [0.2, 0.25) is 0 Å². The fraction of sp³-hybridized carbons (Fsp3) is 0.357. The Morgan fingerprint density at radius 3 is 2.78 bits per heavy atom. The number of rotatable bonds is 1. The van der Waals surface area contributed by atoms with Crippen LogP contribution in [0.1, 0.15) is 11.8 Å². The minimum atomic E-state index is -0.295. The van der Waals surface area contributed by atoms with Gasteiger partial charge in [-0.15, -0.1) is 0 Å². The highest BCUT2D eigenvalue weighted by Gasteiger charge is 2.34. The van der Waals surface area contributed by atoms with Crippen molar-refractivity contribution in [2.45, 2.75) is 6.04 Å². The molecular weight excluding hydrogens is 228 g/mol. The van der Waals surface area contributed by atoms with Crippen molar-refractivity contribution < 1.29 is 9.21 Å². The van der Waals surface area contributed by atoms with Gasteiger partial charge in [0, 0.05) is 25.5 Å². The molecule has 0 bridgehead atoms. The Bertz CT molecular complexity index is 557. The number of likely N-dealkylation sites (N-methyl/N-ethyl adjacent to an activating group) is 2. The summed E-state index contributed by atoms with van der Waals surface area (Å²) in [5.74, 6) is 0.832. The number of furan rings is 1. The standard InChI is InChI=1S/C14H16N2O2/c1-15-7-8-16(2)14(17)13(15)12-9-10-5-3-4-6-11(10)18-12/h3-6,9,13H,7-8H2,1-2H3. The Balaban J connectivity index is 2.04. The van der Waals surface area contributed by atoms with Gasteiger partial charge < -0.3 is 9.32 Å². The van der Waals surface area contributed by atoms with Gasteiger partial charge in [-0.25, -0.2) is 0 Å². The Hall–Kier alpha value is -1.81. The first-order valence-electron chi connectivity index (χ1n) is 6.10. The molecule has 0 radical (unpaired) electrons. The smallest absolute Gasteiger partial charge is 0.247 e. The molecule has 1 aliphatic rings. The number of nitrogens with zero attached hydrogens (tertiary/aromatic N) is 2. The van der Waals surface area contributed by atoms with Crippen LogP contribution in [0.5, 0.6) is 0 Å². The minimum absolute atomic E-state index is 0.0998. The van der Waals surface area contributed by atoms with Gasteiger partial charge in [0.2, 0.25) is 5.91 Å². The second-order valence-electron chi connectivity index (χ2n) is 4.83. The number of piperazine rings is 1. The number of fused-ring (bicyclic) bond motifs is 1. The SMILES string of the molecule is CN1CCN(C)C(c2cc3ccccc3o2)C1=O. The molecule has 2 aromatic rings. The van der Waals surface area contributed by atoms with E-state index in [9.17, 15) is 4.79 Å². The zero-order chi connectivity index (χ0) is 12.7. The quantitative estimate of drug-likeness (QED) is 0.768. The molecule has 1 saturated heterocycles. The normalized spacial score (nSPS) is 21.8. The van der Waals surface area contributed by atoms with E-state index >= 15 is 0 Å². The molecule has 1 unspecified atom stereocenters. The fourth-order valence-corrected chi connectivity index (χ4v) is 2.42. The Morgan fingerprint density at radius 1 is 1.22 bits per heavy atom. The number of carbonyl (C=O) groups is 1. The van der Waals surface area contributed by atoms with E-state index in [1.807, 2.05) is 49.3 Å². The summed E-state index contributed by atoms with van der Waals surface area (Å²) in [6.07, 6.45) is 0.